The molecule has 0 radical (unpaired) electrons. The summed E-state index contributed by atoms with van der Waals surface area (Å²) in [6.45, 7) is 2.16. The third-order valence-electron chi connectivity index (χ3n) is 2.53. The Morgan fingerprint density at radius 2 is 1.95 bits per heavy atom. The molecule has 0 amide bonds. The molecule has 3 nitrogen and oxygen atoms in total. The molecule has 6 heteroatoms. The van der Waals surface area contributed by atoms with Gasteiger partial charge < -0.3 is 5.32 Å². The molecular formula is C13H17N3S3. The van der Waals surface area contributed by atoms with E-state index in [2.05, 4.69) is 53.0 Å². The molecule has 1 heterocycles. The molecule has 2 aromatic rings. The molecule has 0 atom stereocenters. The van der Waals surface area contributed by atoms with E-state index in [0.717, 1.165) is 33.1 Å². The molecule has 0 aliphatic carbocycles. The fraction of sp³-hybridized carbons (Fsp3) is 0.385. The van der Waals surface area contributed by atoms with Crippen LogP contribution in [0, 0.1) is 0 Å². The zero-order chi connectivity index (χ0) is 13.5. The normalized spacial score (nSPS) is 10.6. The predicted octanol–water partition coefficient (Wildman–Crippen LogP) is 4.30. The van der Waals surface area contributed by atoms with E-state index in [1.807, 2.05) is 11.8 Å². The second kappa shape index (κ2) is 7.77. The maximum absolute atomic E-state index is 4.18. The minimum atomic E-state index is 0.857. The number of hydrogen-bond acceptors (Lipinski definition) is 6. The van der Waals surface area contributed by atoms with Crippen LogP contribution in [0.1, 0.15) is 12.5 Å². The van der Waals surface area contributed by atoms with Crippen molar-refractivity contribution in [3.05, 3.63) is 29.8 Å². The summed E-state index contributed by atoms with van der Waals surface area (Å²) in [6, 6.07) is 8.44. The molecule has 1 aromatic carbocycles. The van der Waals surface area contributed by atoms with E-state index >= 15 is 0 Å². The molecule has 1 N–H and O–H groups in total. The Kier molecular flexibility index (Phi) is 6.00. The van der Waals surface area contributed by atoms with Crippen LogP contribution in [0.3, 0.4) is 0 Å². The number of nitrogens with one attached hydrogen (secondary N) is 1. The summed E-state index contributed by atoms with van der Waals surface area (Å²) in [4.78, 5) is 0. The first-order chi connectivity index (χ1) is 9.31. The van der Waals surface area contributed by atoms with E-state index in [4.69, 9.17) is 0 Å². The predicted molar refractivity (Wildman–Crippen MR) is 88.1 cm³/mol. The molecule has 0 saturated heterocycles. The van der Waals surface area contributed by atoms with Gasteiger partial charge in [-0.1, -0.05) is 42.2 Å². The zero-order valence-electron chi connectivity index (χ0n) is 11.0. The Hall–Kier alpha value is -0.720. The Labute approximate surface area is 126 Å². The molecule has 19 heavy (non-hydrogen) atoms. The minimum absolute atomic E-state index is 0.857. The first kappa shape index (κ1) is 14.7. The van der Waals surface area contributed by atoms with Gasteiger partial charge in [-0.05, 0) is 30.4 Å². The number of rotatable bonds is 7. The van der Waals surface area contributed by atoms with Gasteiger partial charge in [-0.25, -0.2) is 0 Å². The van der Waals surface area contributed by atoms with E-state index in [0.29, 0.717) is 0 Å². The van der Waals surface area contributed by atoms with Crippen molar-refractivity contribution in [2.45, 2.75) is 17.7 Å². The fourth-order valence-electron chi connectivity index (χ4n) is 1.48. The number of aromatic nitrogens is 2. The average molecular weight is 312 g/mol. The number of nitrogens with zero attached hydrogens (tertiary/aromatic N) is 2. The van der Waals surface area contributed by atoms with Gasteiger partial charge in [0.2, 0.25) is 5.13 Å². The lowest BCUT2D eigenvalue weighted by atomic mass is 10.1. The van der Waals surface area contributed by atoms with Crippen molar-refractivity contribution >= 4 is 45.7 Å². The molecule has 0 fully saturated rings. The van der Waals surface area contributed by atoms with Crippen LogP contribution in [0.15, 0.2) is 28.6 Å². The summed E-state index contributed by atoms with van der Waals surface area (Å²) in [5, 5.41) is 12.5. The van der Waals surface area contributed by atoms with Crippen molar-refractivity contribution in [3.8, 4) is 0 Å². The van der Waals surface area contributed by atoms with E-state index < -0.39 is 0 Å². The first-order valence-corrected chi connectivity index (χ1v) is 9.32. The van der Waals surface area contributed by atoms with Gasteiger partial charge in [0.25, 0.3) is 0 Å². The molecule has 0 aliphatic rings. The lowest BCUT2D eigenvalue weighted by Gasteiger charge is -2.02. The van der Waals surface area contributed by atoms with Crippen LogP contribution < -0.4 is 5.32 Å². The monoisotopic (exact) mass is 311 g/mol. The molecule has 0 saturated carbocycles. The molecule has 0 spiro atoms. The van der Waals surface area contributed by atoms with Gasteiger partial charge in [0, 0.05) is 17.2 Å². The number of anilines is 2. The van der Waals surface area contributed by atoms with Crippen LogP contribution >= 0.6 is 34.9 Å². The Morgan fingerprint density at radius 1 is 1.16 bits per heavy atom. The van der Waals surface area contributed by atoms with Crippen LogP contribution in [0.25, 0.3) is 0 Å². The highest BCUT2D eigenvalue weighted by atomic mass is 32.2. The largest absolute Gasteiger partial charge is 0.330 e. The maximum atomic E-state index is 4.18. The van der Waals surface area contributed by atoms with E-state index in [9.17, 15) is 0 Å². The van der Waals surface area contributed by atoms with Gasteiger partial charge in [-0.2, -0.15) is 11.8 Å². The molecule has 102 valence electrons. The number of hydrogen-bond donors (Lipinski definition) is 1. The summed E-state index contributed by atoms with van der Waals surface area (Å²) >= 11 is 5.23. The van der Waals surface area contributed by atoms with Crippen molar-refractivity contribution in [2.75, 3.05) is 23.1 Å². The third kappa shape index (κ3) is 4.71. The van der Waals surface area contributed by atoms with Crippen LogP contribution in [0.2, 0.25) is 0 Å². The number of benzene rings is 1. The molecular weight excluding hydrogens is 294 g/mol. The van der Waals surface area contributed by atoms with E-state index in [1.165, 1.54) is 5.56 Å². The van der Waals surface area contributed by atoms with Crippen molar-refractivity contribution < 1.29 is 0 Å². The molecule has 2 rings (SSSR count). The third-order valence-corrected chi connectivity index (χ3v) is 5.38. The van der Waals surface area contributed by atoms with Crippen molar-refractivity contribution in [1.82, 2.24) is 10.2 Å². The first-order valence-electron chi connectivity index (χ1n) is 6.13. The molecule has 0 bridgehead atoms. The van der Waals surface area contributed by atoms with Crippen LogP contribution in [0.5, 0.6) is 0 Å². The lowest BCUT2D eigenvalue weighted by molar-refractivity contribution is 1.01. The second-order valence-electron chi connectivity index (χ2n) is 3.89. The molecule has 0 unspecified atom stereocenters. The molecule has 0 aliphatic heterocycles. The van der Waals surface area contributed by atoms with Crippen molar-refractivity contribution in [2.24, 2.45) is 0 Å². The highest BCUT2D eigenvalue weighted by Crippen LogP contribution is 2.28. The van der Waals surface area contributed by atoms with Crippen LogP contribution in [-0.2, 0) is 6.42 Å². The van der Waals surface area contributed by atoms with Gasteiger partial charge >= 0.3 is 0 Å². The number of thioether (sulfide) groups is 2. The van der Waals surface area contributed by atoms with Gasteiger partial charge in [0.05, 0.1) is 0 Å². The molecule has 1 aromatic heterocycles. The Bertz CT molecular complexity index is 496. The second-order valence-corrected chi connectivity index (χ2v) is 7.20. The van der Waals surface area contributed by atoms with Gasteiger partial charge in [0.15, 0.2) is 4.34 Å². The van der Waals surface area contributed by atoms with Crippen LogP contribution in [0.4, 0.5) is 10.8 Å². The topological polar surface area (TPSA) is 37.8 Å². The van der Waals surface area contributed by atoms with Gasteiger partial charge in [-0.15, -0.1) is 10.2 Å². The standard InChI is InChI=1S/C13H17N3S3/c1-3-10-4-6-11(7-5-10)14-12-15-16-13(19-12)18-9-8-17-2/h4-7H,3,8-9H2,1-2H3,(H,14,15). The fourth-order valence-corrected chi connectivity index (χ4v) is 3.97. The maximum Gasteiger partial charge on any atom is 0.210 e. The highest BCUT2D eigenvalue weighted by molar-refractivity contribution is 8.03. The smallest absolute Gasteiger partial charge is 0.210 e. The van der Waals surface area contributed by atoms with E-state index in [-0.39, 0.29) is 0 Å². The Balaban J connectivity index is 1.91. The zero-order valence-corrected chi connectivity index (χ0v) is 13.5. The van der Waals surface area contributed by atoms with Crippen molar-refractivity contribution in [3.63, 3.8) is 0 Å². The SMILES string of the molecule is CCc1ccc(Nc2nnc(SCCSC)s2)cc1. The van der Waals surface area contributed by atoms with Crippen LogP contribution in [-0.4, -0.2) is 28.0 Å². The van der Waals surface area contributed by atoms with E-state index in [1.54, 1.807) is 23.1 Å². The Morgan fingerprint density at radius 3 is 2.63 bits per heavy atom. The summed E-state index contributed by atoms with van der Waals surface area (Å²) in [6.07, 6.45) is 3.18. The summed E-state index contributed by atoms with van der Waals surface area (Å²) < 4.78 is 1.03. The summed E-state index contributed by atoms with van der Waals surface area (Å²) in [5.41, 5.74) is 2.41. The number of aryl methyl sites for hydroxylation is 1. The summed E-state index contributed by atoms with van der Waals surface area (Å²) in [7, 11) is 0. The highest BCUT2D eigenvalue weighted by Gasteiger charge is 2.04. The minimum Gasteiger partial charge on any atom is -0.330 e. The van der Waals surface area contributed by atoms with Crippen molar-refractivity contribution in [1.29, 1.82) is 0 Å². The lowest BCUT2D eigenvalue weighted by Crippen LogP contribution is -1.89. The average Bonchev–Trinajstić information content (AvgIpc) is 2.88. The quantitative estimate of drug-likeness (QED) is 0.609. The van der Waals surface area contributed by atoms with Gasteiger partial charge in [0.1, 0.15) is 0 Å². The summed E-state index contributed by atoms with van der Waals surface area (Å²) in [5.74, 6) is 2.23. The van der Waals surface area contributed by atoms with Gasteiger partial charge in [-0.3, -0.25) is 0 Å².